The number of aliphatic hydroxyl groups is 11. The molecule has 19 heteroatoms. The molecule has 3 aliphatic rings. The smallest absolute Gasteiger partial charge is 0.220 e. The highest BCUT2D eigenvalue weighted by Gasteiger charge is 2.53. The van der Waals surface area contributed by atoms with Crippen molar-refractivity contribution in [2.24, 2.45) is 0 Å². The minimum absolute atomic E-state index is 0.247. The van der Waals surface area contributed by atoms with Crippen LogP contribution >= 0.6 is 0 Å². The van der Waals surface area contributed by atoms with E-state index in [1.54, 1.807) is 0 Å². The number of aliphatic hydroxyl groups excluding tert-OH is 11. The summed E-state index contributed by atoms with van der Waals surface area (Å²) in [5.74, 6) is -0.247. The maximum atomic E-state index is 13.4. The number of hydrogen-bond donors (Lipinski definition) is 12. The molecule has 0 saturated carbocycles. The van der Waals surface area contributed by atoms with Gasteiger partial charge in [-0.3, -0.25) is 4.79 Å². The maximum Gasteiger partial charge on any atom is 0.220 e. The Labute approximate surface area is 516 Å². The van der Waals surface area contributed by atoms with E-state index in [9.17, 15) is 61.0 Å². The van der Waals surface area contributed by atoms with Crippen molar-refractivity contribution in [1.82, 2.24) is 5.32 Å². The van der Waals surface area contributed by atoms with Gasteiger partial charge in [0, 0.05) is 6.42 Å². The summed E-state index contributed by atoms with van der Waals surface area (Å²) in [5.41, 5.74) is 0. The van der Waals surface area contributed by atoms with Crippen molar-refractivity contribution in [2.45, 2.75) is 343 Å². The van der Waals surface area contributed by atoms with Gasteiger partial charge in [-0.2, -0.15) is 0 Å². The van der Waals surface area contributed by atoms with Crippen molar-refractivity contribution in [2.75, 3.05) is 26.4 Å². The molecule has 17 unspecified atom stereocenters. The Bertz CT molecular complexity index is 1750. The standard InChI is InChI=1S/C67H121NO18/c1-3-5-7-9-11-13-15-17-19-21-23-24-25-26-27-29-31-33-35-37-39-41-43-45-55(73)68-50(51(72)44-42-40-38-36-34-32-30-28-22-20-18-16-14-12-10-8-6-4-2)49-81-65-61(79)58(76)63(53(47-70)83-65)86-67-62(80)59(77)64(54(48-71)84-67)85-66-60(78)57(75)56(74)52(46-69)82-66/h5,7,11,13,17,19,23-24,50-54,56-67,69-72,74-80H,3-4,6,8-10,12,14-16,18,20-22,25-49H2,1-2H3,(H,68,73)/b7-5-,13-11-,19-17-,24-23-. The SMILES string of the molecule is CC/C=C\C/C=C\C/C=C\C/C=C\CCCCCCCCCCCCC(=O)NC(COC1OC(CO)C(OC2OC(CO)C(OC3OC(CO)C(O)C(O)C3O)C(O)C2O)C(O)C1O)C(O)CCCCCCCCCCCCCCCCCCCC. The zero-order chi connectivity index (χ0) is 62.6. The predicted octanol–water partition coefficient (Wildman–Crippen LogP) is 8.22. The first-order chi connectivity index (χ1) is 41.8. The van der Waals surface area contributed by atoms with Crippen molar-refractivity contribution in [3.8, 4) is 0 Å². The lowest BCUT2D eigenvalue weighted by Crippen LogP contribution is -2.66. The van der Waals surface area contributed by atoms with E-state index in [2.05, 4.69) is 67.8 Å². The highest BCUT2D eigenvalue weighted by molar-refractivity contribution is 5.76. The van der Waals surface area contributed by atoms with E-state index in [1.165, 1.54) is 128 Å². The summed E-state index contributed by atoms with van der Waals surface area (Å²) < 4.78 is 34.4. The van der Waals surface area contributed by atoms with Crippen LogP contribution in [0.3, 0.4) is 0 Å². The van der Waals surface area contributed by atoms with Crippen molar-refractivity contribution in [3.63, 3.8) is 0 Å². The largest absolute Gasteiger partial charge is 0.394 e. The van der Waals surface area contributed by atoms with Crippen LogP contribution in [-0.2, 0) is 33.2 Å². The van der Waals surface area contributed by atoms with Crippen molar-refractivity contribution >= 4 is 5.91 Å². The highest BCUT2D eigenvalue weighted by Crippen LogP contribution is 2.33. The number of nitrogens with one attached hydrogen (secondary N) is 1. The molecular formula is C67H121NO18. The van der Waals surface area contributed by atoms with Gasteiger partial charge < -0.3 is 89.9 Å². The first kappa shape index (κ1) is 78.0. The fourth-order valence-electron chi connectivity index (χ4n) is 11.4. The van der Waals surface area contributed by atoms with Gasteiger partial charge in [0.05, 0.1) is 38.6 Å². The third kappa shape index (κ3) is 31.7. The molecular weight excluding hydrogens is 1110 g/mol. The quantitative estimate of drug-likeness (QED) is 0.0202. The molecule has 3 aliphatic heterocycles. The van der Waals surface area contributed by atoms with Gasteiger partial charge in [-0.1, -0.05) is 229 Å². The average Bonchev–Trinajstić information content (AvgIpc) is 1.83. The van der Waals surface area contributed by atoms with Gasteiger partial charge in [0.1, 0.15) is 73.2 Å². The fourth-order valence-corrected chi connectivity index (χ4v) is 11.4. The molecule has 19 nitrogen and oxygen atoms in total. The van der Waals surface area contributed by atoms with Gasteiger partial charge in [-0.05, 0) is 51.4 Å². The van der Waals surface area contributed by atoms with E-state index < -0.39 is 124 Å². The van der Waals surface area contributed by atoms with Gasteiger partial charge in [-0.15, -0.1) is 0 Å². The third-order valence-electron chi connectivity index (χ3n) is 16.9. The molecule has 3 rings (SSSR count). The lowest BCUT2D eigenvalue weighted by molar-refractivity contribution is -0.379. The van der Waals surface area contributed by atoms with Crippen LogP contribution in [0.2, 0.25) is 0 Å². The number of carbonyl (C=O) groups excluding carboxylic acids is 1. The van der Waals surface area contributed by atoms with E-state index >= 15 is 0 Å². The number of unbranched alkanes of at least 4 members (excludes halogenated alkanes) is 27. The van der Waals surface area contributed by atoms with Crippen LogP contribution in [0.25, 0.3) is 0 Å². The third-order valence-corrected chi connectivity index (χ3v) is 16.9. The Hall–Kier alpha value is -2.25. The molecule has 0 spiro atoms. The number of carbonyl (C=O) groups is 1. The van der Waals surface area contributed by atoms with E-state index in [-0.39, 0.29) is 18.9 Å². The van der Waals surface area contributed by atoms with Crippen molar-refractivity contribution < 1.29 is 89.4 Å². The van der Waals surface area contributed by atoms with E-state index in [0.717, 1.165) is 77.0 Å². The van der Waals surface area contributed by atoms with E-state index in [0.29, 0.717) is 12.8 Å². The topological polar surface area (TPSA) is 307 Å². The van der Waals surface area contributed by atoms with Crippen LogP contribution in [0.15, 0.2) is 48.6 Å². The molecule has 3 heterocycles. The second-order valence-electron chi connectivity index (χ2n) is 24.3. The number of ether oxygens (including phenoxy) is 6. The summed E-state index contributed by atoms with van der Waals surface area (Å²) in [6, 6.07) is -0.891. The van der Waals surface area contributed by atoms with E-state index in [1.807, 2.05) is 0 Å². The zero-order valence-electron chi connectivity index (χ0n) is 52.8. The molecule has 12 N–H and O–H groups in total. The Morgan fingerprint density at radius 3 is 1.26 bits per heavy atom. The molecule has 0 radical (unpaired) electrons. The molecule has 502 valence electrons. The van der Waals surface area contributed by atoms with E-state index in [4.69, 9.17) is 28.4 Å². The molecule has 1 amide bonds. The van der Waals surface area contributed by atoms with Gasteiger partial charge >= 0.3 is 0 Å². The van der Waals surface area contributed by atoms with Crippen LogP contribution in [0.5, 0.6) is 0 Å². The Morgan fingerprint density at radius 2 is 0.802 bits per heavy atom. The van der Waals surface area contributed by atoms with Crippen molar-refractivity contribution in [1.29, 1.82) is 0 Å². The monoisotopic (exact) mass is 1230 g/mol. The molecule has 3 saturated heterocycles. The molecule has 0 bridgehead atoms. The summed E-state index contributed by atoms with van der Waals surface area (Å²) >= 11 is 0. The number of amides is 1. The Morgan fingerprint density at radius 1 is 0.430 bits per heavy atom. The number of allylic oxidation sites excluding steroid dienone is 8. The molecule has 0 aliphatic carbocycles. The van der Waals surface area contributed by atoms with Crippen LogP contribution in [0.1, 0.15) is 239 Å². The van der Waals surface area contributed by atoms with Crippen LogP contribution in [-0.4, -0.2) is 193 Å². The second-order valence-corrected chi connectivity index (χ2v) is 24.3. The summed E-state index contributed by atoms with van der Waals surface area (Å²) in [4.78, 5) is 13.4. The summed E-state index contributed by atoms with van der Waals surface area (Å²) in [7, 11) is 0. The average molecular weight is 1230 g/mol. The number of rotatable bonds is 51. The molecule has 0 aromatic carbocycles. The van der Waals surface area contributed by atoms with Gasteiger partial charge in [0.25, 0.3) is 0 Å². The Balaban J connectivity index is 1.44. The van der Waals surface area contributed by atoms with Gasteiger partial charge in [0.15, 0.2) is 18.9 Å². The first-order valence-electron chi connectivity index (χ1n) is 33.9. The Kier molecular flexibility index (Phi) is 44.8. The van der Waals surface area contributed by atoms with Gasteiger partial charge in [0.2, 0.25) is 5.91 Å². The summed E-state index contributed by atoms with van der Waals surface area (Å²) in [5, 5.41) is 121. The molecule has 3 fully saturated rings. The second kappa shape index (κ2) is 49.5. The maximum absolute atomic E-state index is 13.4. The lowest BCUT2D eigenvalue weighted by atomic mass is 9.96. The fraction of sp³-hybridized carbons (Fsp3) is 0.866. The summed E-state index contributed by atoms with van der Waals surface area (Å²) in [6.45, 7) is 1.69. The minimum atomic E-state index is -1.97. The van der Waals surface area contributed by atoms with Crippen LogP contribution in [0, 0.1) is 0 Å². The van der Waals surface area contributed by atoms with Gasteiger partial charge in [-0.25, -0.2) is 0 Å². The molecule has 0 aromatic rings. The van der Waals surface area contributed by atoms with Crippen LogP contribution in [0.4, 0.5) is 0 Å². The summed E-state index contributed by atoms with van der Waals surface area (Å²) in [6.07, 6.45) is 30.3. The molecule has 86 heavy (non-hydrogen) atoms. The highest BCUT2D eigenvalue weighted by atomic mass is 16.8. The number of hydrogen-bond acceptors (Lipinski definition) is 18. The normalized spacial score (nSPS) is 29.1. The lowest BCUT2D eigenvalue weighted by Gasteiger charge is -2.48. The zero-order valence-corrected chi connectivity index (χ0v) is 52.8. The predicted molar refractivity (Wildman–Crippen MR) is 332 cm³/mol. The van der Waals surface area contributed by atoms with Crippen molar-refractivity contribution in [3.05, 3.63) is 48.6 Å². The molecule has 17 atom stereocenters. The molecule has 0 aromatic heterocycles. The van der Waals surface area contributed by atoms with Crippen LogP contribution < -0.4 is 5.32 Å². The first-order valence-corrected chi connectivity index (χ1v) is 33.9. The minimum Gasteiger partial charge on any atom is -0.394 e.